The summed E-state index contributed by atoms with van der Waals surface area (Å²) >= 11 is 0. The van der Waals surface area contributed by atoms with Gasteiger partial charge in [-0.15, -0.1) is 0 Å². The van der Waals surface area contributed by atoms with Crippen LogP contribution in [0.4, 0.5) is 0 Å². The Morgan fingerprint density at radius 2 is 2.30 bits per heavy atom. The topological polar surface area (TPSA) is 21.3 Å². The maximum absolute atomic E-state index is 5.50. The van der Waals surface area contributed by atoms with Gasteiger partial charge in [0.2, 0.25) is 0 Å². The van der Waals surface area contributed by atoms with E-state index in [4.69, 9.17) is 4.74 Å². The lowest BCUT2D eigenvalue weighted by atomic mass is 10.0. The normalized spacial score (nSPS) is 17.3. The quantitative estimate of drug-likeness (QED) is 0.639. The van der Waals surface area contributed by atoms with Crippen LogP contribution in [0.15, 0.2) is 11.8 Å². The summed E-state index contributed by atoms with van der Waals surface area (Å²) in [6, 6.07) is 0. The van der Waals surface area contributed by atoms with Gasteiger partial charge < -0.3 is 10.1 Å². The summed E-state index contributed by atoms with van der Waals surface area (Å²) < 4.78 is 5.50. The molecule has 58 valence electrons. The van der Waals surface area contributed by atoms with Crippen LogP contribution in [0.5, 0.6) is 0 Å². The Morgan fingerprint density at radius 1 is 1.70 bits per heavy atom. The van der Waals surface area contributed by atoms with Gasteiger partial charge in [0.15, 0.2) is 0 Å². The molecule has 0 saturated carbocycles. The van der Waals surface area contributed by atoms with E-state index in [2.05, 4.69) is 25.2 Å². The lowest BCUT2D eigenvalue weighted by Gasteiger charge is -2.33. The Balaban J connectivity index is 2.49. The van der Waals surface area contributed by atoms with Gasteiger partial charge in [-0.2, -0.15) is 0 Å². The smallest absolute Gasteiger partial charge is 0.102 e. The van der Waals surface area contributed by atoms with Crippen LogP contribution in [-0.4, -0.2) is 18.8 Å². The zero-order valence-corrected chi connectivity index (χ0v) is 6.90. The predicted molar refractivity (Wildman–Crippen MR) is 41.8 cm³/mol. The second-order valence-electron chi connectivity index (χ2n) is 2.94. The van der Waals surface area contributed by atoms with Crippen LogP contribution in [0, 0.1) is 0 Å². The molecule has 1 N–H and O–H groups in total. The molecule has 1 aliphatic heterocycles. The monoisotopic (exact) mass is 141 g/mol. The first kappa shape index (κ1) is 7.61. The van der Waals surface area contributed by atoms with Gasteiger partial charge in [-0.3, -0.25) is 0 Å². The van der Waals surface area contributed by atoms with E-state index in [0.29, 0.717) is 0 Å². The second-order valence-corrected chi connectivity index (χ2v) is 2.94. The fraction of sp³-hybridized carbons (Fsp3) is 0.750. The first-order valence-corrected chi connectivity index (χ1v) is 3.75. The Bertz CT molecular complexity index is 149. The minimum absolute atomic E-state index is 0.104. The summed E-state index contributed by atoms with van der Waals surface area (Å²) in [4.78, 5) is 0. The Morgan fingerprint density at radius 3 is 2.60 bits per heavy atom. The van der Waals surface area contributed by atoms with Crippen molar-refractivity contribution < 1.29 is 4.74 Å². The van der Waals surface area contributed by atoms with Crippen LogP contribution in [0.2, 0.25) is 0 Å². The van der Waals surface area contributed by atoms with Gasteiger partial charge in [0.1, 0.15) is 5.60 Å². The minimum atomic E-state index is -0.104. The largest absolute Gasteiger partial charge is 0.383 e. The molecule has 0 atom stereocenters. The van der Waals surface area contributed by atoms with Crippen molar-refractivity contribution in [1.82, 2.24) is 5.32 Å². The van der Waals surface area contributed by atoms with E-state index in [1.807, 2.05) is 6.92 Å². The van der Waals surface area contributed by atoms with Gasteiger partial charge in [-0.05, 0) is 26.8 Å². The van der Waals surface area contributed by atoms with Crippen molar-refractivity contribution in [2.45, 2.75) is 26.4 Å². The van der Waals surface area contributed by atoms with Crippen molar-refractivity contribution in [3.8, 4) is 0 Å². The third-order valence-electron chi connectivity index (χ3n) is 1.75. The average molecular weight is 141 g/mol. The van der Waals surface area contributed by atoms with Crippen LogP contribution in [0.3, 0.4) is 0 Å². The summed E-state index contributed by atoms with van der Waals surface area (Å²) in [5, 5.41) is 3.21. The summed E-state index contributed by atoms with van der Waals surface area (Å²) in [5.41, 5.74) is 1.11. The highest BCUT2D eigenvalue weighted by Crippen LogP contribution is 2.21. The average Bonchev–Trinajstić information content (AvgIpc) is 1.56. The van der Waals surface area contributed by atoms with E-state index in [1.165, 1.54) is 5.70 Å². The van der Waals surface area contributed by atoms with E-state index >= 15 is 0 Å². The highest BCUT2D eigenvalue weighted by atomic mass is 16.5. The highest BCUT2D eigenvalue weighted by Gasteiger charge is 2.26. The molecule has 0 spiro atoms. The molecule has 0 aromatic carbocycles. The van der Waals surface area contributed by atoms with E-state index in [-0.39, 0.29) is 5.60 Å². The van der Waals surface area contributed by atoms with Crippen molar-refractivity contribution in [3.63, 3.8) is 0 Å². The molecule has 0 unspecified atom stereocenters. The Kier molecular flexibility index (Phi) is 2.00. The lowest BCUT2D eigenvalue weighted by Crippen LogP contribution is -2.41. The SMILES string of the molecule is CCOC(C)(C)C1=CCN1. The molecule has 1 rings (SSSR count). The molecular formula is C8H15NO. The molecule has 0 bridgehead atoms. The maximum Gasteiger partial charge on any atom is 0.102 e. The van der Waals surface area contributed by atoms with Crippen molar-refractivity contribution in [2.24, 2.45) is 0 Å². The number of hydrogen-bond acceptors (Lipinski definition) is 2. The number of ether oxygens (including phenoxy) is 1. The first-order chi connectivity index (χ1) is 4.67. The molecule has 1 aliphatic rings. The molecule has 0 aromatic rings. The summed E-state index contributed by atoms with van der Waals surface area (Å²) in [7, 11) is 0. The highest BCUT2D eigenvalue weighted by molar-refractivity contribution is 5.20. The molecule has 2 nitrogen and oxygen atoms in total. The third kappa shape index (κ3) is 1.32. The third-order valence-corrected chi connectivity index (χ3v) is 1.75. The number of rotatable bonds is 3. The molecule has 0 fully saturated rings. The van der Waals surface area contributed by atoms with Gasteiger partial charge in [-0.25, -0.2) is 0 Å². The van der Waals surface area contributed by atoms with Crippen molar-refractivity contribution in [2.75, 3.05) is 13.2 Å². The zero-order chi connectivity index (χ0) is 7.61. The number of nitrogens with one attached hydrogen (secondary N) is 1. The first-order valence-electron chi connectivity index (χ1n) is 3.75. The zero-order valence-electron chi connectivity index (χ0n) is 6.90. The van der Waals surface area contributed by atoms with Crippen molar-refractivity contribution in [1.29, 1.82) is 0 Å². The maximum atomic E-state index is 5.50. The molecule has 0 radical (unpaired) electrons. The van der Waals surface area contributed by atoms with Crippen molar-refractivity contribution >= 4 is 0 Å². The van der Waals surface area contributed by atoms with Crippen molar-refractivity contribution in [3.05, 3.63) is 11.8 Å². The second kappa shape index (κ2) is 2.62. The summed E-state index contributed by atoms with van der Waals surface area (Å²) in [6.07, 6.45) is 2.16. The van der Waals surface area contributed by atoms with E-state index in [1.54, 1.807) is 0 Å². The van der Waals surface area contributed by atoms with Gasteiger partial charge in [0, 0.05) is 18.8 Å². The Labute approximate surface area is 62.3 Å². The van der Waals surface area contributed by atoms with Crippen LogP contribution in [-0.2, 0) is 4.74 Å². The standard InChI is InChI=1S/C8H15NO/c1-4-10-8(2,3)7-5-6-9-7/h5,9H,4,6H2,1-3H3. The minimum Gasteiger partial charge on any atom is -0.383 e. The lowest BCUT2D eigenvalue weighted by molar-refractivity contribution is 0.0116. The Hall–Kier alpha value is -0.500. The van der Waals surface area contributed by atoms with E-state index in [9.17, 15) is 0 Å². The van der Waals surface area contributed by atoms with Gasteiger partial charge in [0.05, 0.1) is 0 Å². The predicted octanol–water partition coefficient (Wildman–Crippen LogP) is 1.29. The molecular weight excluding hydrogens is 126 g/mol. The molecule has 1 heterocycles. The van der Waals surface area contributed by atoms with Crippen LogP contribution < -0.4 is 5.32 Å². The molecule has 0 aromatic heterocycles. The molecule has 10 heavy (non-hydrogen) atoms. The molecule has 0 saturated heterocycles. The molecule has 2 heteroatoms. The van der Waals surface area contributed by atoms with Crippen LogP contribution in [0.25, 0.3) is 0 Å². The van der Waals surface area contributed by atoms with E-state index in [0.717, 1.165) is 13.2 Å². The fourth-order valence-corrected chi connectivity index (χ4v) is 1.10. The summed E-state index contributed by atoms with van der Waals surface area (Å²) in [5.74, 6) is 0. The van der Waals surface area contributed by atoms with Crippen LogP contribution >= 0.6 is 0 Å². The number of hydrogen-bond donors (Lipinski definition) is 1. The molecule has 0 amide bonds. The van der Waals surface area contributed by atoms with Gasteiger partial charge in [-0.1, -0.05) is 0 Å². The summed E-state index contributed by atoms with van der Waals surface area (Å²) in [6.45, 7) is 7.93. The fourth-order valence-electron chi connectivity index (χ4n) is 1.10. The van der Waals surface area contributed by atoms with E-state index < -0.39 is 0 Å². The van der Waals surface area contributed by atoms with Gasteiger partial charge >= 0.3 is 0 Å². The van der Waals surface area contributed by atoms with Crippen LogP contribution in [0.1, 0.15) is 20.8 Å². The van der Waals surface area contributed by atoms with Gasteiger partial charge in [0.25, 0.3) is 0 Å². The molecule has 0 aliphatic carbocycles.